The van der Waals surface area contributed by atoms with E-state index in [2.05, 4.69) is 58.1 Å². The van der Waals surface area contributed by atoms with Gasteiger partial charge in [-0.15, -0.1) is 11.3 Å². The third kappa shape index (κ3) is 3.75. The Morgan fingerprint density at radius 2 is 2.00 bits per heavy atom. The molecular weight excluding hydrogens is 408 g/mol. The predicted octanol–water partition coefficient (Wildman–Crippen LogP) is 3.65. The van der Waals surface area contributed by atoms with E-state index >= 15 is 0 Å². The molecule has 1 saturated heterocycles. The number of rotatable bonds is 4. The van der Waals surface area contributed by atoms with Crippen LogP contribution in [0, 0.1) is 6.92 Å². The van der Waals surface area contributed by atoms with Gasteiger partial charge in [0.15, 0.2) is 5.82 Å². The highest BCUT2D eigenvalue weighted by atomic mass is 32.1. The highest BCUT2D eigenvalue weighted by Gasteiger charge is 2.20. The van der Waals surface area contributed by atoms with Gasteiger partial charge in [0.2, 0.25) is 0 Å². The van der Waals surface area contributed by atoms with Crippen LogP contribution in [-0.2, 0) is 6.54 Å². The molecule has 4 heterocycles. The molecule has 3 aromatic heterocycles. The summed E-state index contributed by atoms with van der Waals surface area (Å²) < 4.78 is 8.76. The summed E-state index contributed by atoms with van der Waals surface area (Å²) in [5.41, 5.74) is 10.6. The van der Waals surface area contributed by atoms with Gasteiger partial charge in [-0.3, -0.25) is 4.90 Å². The zero-order chi connectivity index (χ0) is 21.5. The Morgan fingerprint density at radius 3 is 2.84 bits per heavy atom. The molecule has 7 nitrogen and oxygen atoms in total. The largest absolute Gasteiger partial charge is 0.495 e. The predicted molar refractivity (Wildman–Crippen MR) is 127 cm³/mol. The average Bonchev–Trinajstić information content (AvgIpc) is 3.26. The molecule has 1 fully saturated rings. The van der Waals surface area contributed by atoms with Crippen LogP contribution < -0.4 is 10.5 Å². The van der Waals surface area contributed by atoms with Gasteiger partial charge >= 0.3 is 0 Å². The van der Waals surface area contributed by atoms with Gasteiger partial charge in [-0.2, -0.15) is 5.10 Å². The molecule has 4 aromatic rings. The number of likely N-dealkylation sites (N-methyl/N-ethyl adjacent to an activating group) is 1. The first kappa shape index (κ1) is 20.2. The number of benzene rings is 1. The molecule has 2 N–H and O–H groups in total. The number of nitrogens with zero attached hydrogens (tertiary/aromatic N) is 5. The SMILES string of the molecule is COc1cc(C)cc2cc(-c3cc(CN4CCCN(C)CC4)n4ncnc(N)c34)sc12. The number of hydrogen-bond donors (Lipinski definition) is 1. The summed E-state index contributed by atoms with van der Waals surface area (Å²) in [6.45, 7) is 7.32. The molecule has 0 atom stereocenters. The van der Waals surface area contributed by atoms with Gasteiger partial charge in [-0.25, -0.2) is 9.50 Å². The molecule has 0 unspecified atom stereocenters. The first-order chi connectivity index (χ1) is 15.0. The van der Waals surface area contributed by atoms with Crippen LogP contribution in [0.5, 0.6) is 5.75 Å². The monoisotopic (exact) mass is 436 g/mol. The molecule has 0 spiro atoms. The zero-order valence-corrected chi connectivity index (χ0v) is 19.1. The second-order valence-electron chi connectivity index (χ2n) is 8.38. The van der Waals surface area contributed by atoms with Crippen LogP contribution in [0.3, 0.4) is 0 Å². The minimum Gasteiger partial charge on any atom is -0.495 e. The van der Waals surface area contributed by atoms with Crippen molar-refractivity contribution in [3.63, 3.8) is 0 Å². The van der Waals surface area contributed by atoms with E-state index in [0.717, 1.165) is 64.8 Å². The van der Waals surface area contributed by atoms with E-state index in [1.54, 1.807) is 24.8 Å². The summed E-state index contributed by atoms with van der Waals surface area (Å²) in [6, 6.07) is 8.74. The number of aromatic nitrogens is 3. The summed E-state index contributed by atoms with van der Waals surface area (Å²) in [4.78, 5) is 10.3. The van der Waals surface area contributed by atoms with Gasteiger partial charge < -0.3 is 15.4 Å². The van der Waals surface area contributed by atoms with E-state index in [4.69, 9.17) is 10.5 Å². The lowest BCUT2D eigenvalue weighted by Crippen LogP contribution is -2.29. The number of ether oxygens (including phenoxy) is 1. The Labute approximate surface area is 186 Å². The smallest absolute Gasteiger partial charge is 0.152 e. The fraction of sp³-hybridized carbons (Fsp3) is 0.391. The van der Waals surface area contributed by atoms with E-state index in [0.29, 0.717) is 5.82 Å². The molecule has 8 heteroatoms. The fourth-order valence-corrected chi connectivity index (χ4v) is 5.62. The first-order valence-electron chi connectivity index (χ1n) is 10.6. The molecule has 162 valence electrons. The van der Waals surface area contributed by atoms with Crippen LogP contribution in [0.25, 0.3) is 26.0 Å². The van der Waals surface area contributed by atoms with Crippen molar-refractivity contribution in [2.24, 2.45) is 0 Å². The molecule has 31 heavy (non-hydrogen) atoms. The Hall–Kier alpha value is -2.68. The second kappa shape index (κ2) is 8.11. The number of methoxy groups -OCH3 is 1. The number of nitrogen functional groups attached to an aromatic ring is 1. The Morgan fingerprint density at radius 1 is 1.13 bits per heavy atom. The van der Waals surface area contributed by atoms with Gasteiger partial charge in [0.25, 0.3) is 0 Å². The van der Waals surface area contributed by atoms with E-state index in [1.165, 1.54) is 17.4 Å². The molecule has 0 amide bonds. The van der Waals surface area contributed by atoms with Crippen molar-refractivity contribution in [3.05, 3.63) is 41.9 Å². The van der Waals surface area contributed by atoms with Crippen LogP contribution in [0.1, 0.15) is 17.7 Å². The second-order valence-corrected chi connectivity index (χ2v) is 9.44. The molecule has 1 aliphatic heterocycles. The topological polar surface area (TPSA) is 71.9 Å². The minimum atomic E-state index is 0.507. The summed E-state index contributed by atoms with van der Waals surface area (Å²) >= 11 is 1.73. The van der Waals surface area contributed by atoms with Crippen molar-refractivity contribution in [2.45, 2.75) is 19.9 Å². The van der Waals surface area contributed by atoms with E-state index in [-0.39, 0.29) is 0 Å². The molecule has 0 bridgehead atoms. The Kier molecular flexibility index (Phi) is 5.29. The maximum atomic E-state index is 6.35. The van der Waals surface area contributed by atoms with Crippen LogP contribution in [0.4, 0.5) is 5.82 Å². The lowest BCUT2D eigenvalue weighted by molar-refractivity contribution is 0.265. The maximum absolute atomic E-state index is 6.35. The van der Waals surface area contributed by atoms with Crippen molar-refractivity contribution in [1.82, 2.24) is 24.4 Å². The van der Waals surface area contributed by atoms with Gasteiger partial charge in [-0.05, 0) is 62.6 Å². The fourth-order valence-electron chi connectivity index (χ4n) is 4.47. The van der Waals surface area contributed by atoms with E-state index in [9.17, 15) is 0 Å². The van der Waals surface area contributed by atoms with E-state index < -0.39 is 0 Å². The maximum Gasteiger partial charge on any atom is 0.152 e. The summed E-state index contributed by atoms with van der Waals surface area (Å²) in [5, 5.41) is 5.75. The number of hydrogen-bond acceptors (Lipinski definition) is 7. The van der Waals surface area contributed by atoms with Crippen LogP contribution in [0.15, 0.2) is 30.6 Å². The standard InChI is InChI=1S/C23H28N6OS/c1-15-9-16-11-20(31-22(16)19(10-15)30-3)18-12-17(29-21(18)23(24)25-14-26-29)13-28-6-4-5-27(2)7-8-28/h9-12,14H,4-8,13H2,1-3H3,(H2,24,25,26). The molecule has 0 saturated carbocycles. The average molecular weight is 437 g/mol. The summed E-state index contributed by atoms with van der Waals surface area (Å²) in [5.74, 6) is 1.42. The van der Waals surface area contributed by atoms with Gasteiger partial charge in [0, 0.05) is 30.1 Å². The molecule has 1 aromatic carbocycles. The van der Waals surface area contributed by atoms with Gasteiger partial charge in [0.05, 0.1) is 17.5 Å². The third-order valence-electron chi connectivity index (χ3n) is 6.07. The molecule has 1 aliphatic rings. The van der Waals surface area contributed by atoms with Crippen molar-refractivity contribution in [3.8, 4) is 16.2 Å². The number of aryl methyl sites for hydroxylation is 1. The van der Waals surface area contributed by atoms with Crippen LogP contribution >= 0.6 is 11.3 Å². The van der Waals surface area contributed by atoms with Crippen LogP contribution in [-0.4, -0.2) is 64.7 Å². The Balaban J connectivity index is 1.60. The van der Waals surface area contributed by atoms with Gasteiger partial charge in [0.1, 0.15) is 17.6 Å². The molecular formula is C23H28N6OS. The van der Waals surface area contributed by atoms with Gasteiger partial charge in [-0.1, -0.05) is 6.07 Å². The lowest BCUT2D eigenvalue weighted by Gasteiger charge is -2.19. The van der Waals surface area contributed by atoms with Crippen LogP contribution in [0.2, 0.25) is 0 Å². The summed E-state index contributed by atoms with van der Waals surface area (Å²) in [7, 11) is 3.92. The van der Waals surface area contributed by atoms with Crippen molar-refractivity contribution >= 4 is 32.8 Å². The summed E-state index contributed by atoms with van der Waals surface area (Å²) in [6.07, 6.45) is 2.72. The highest BCUT2D eigenvalue weighted by molar-refractivity contribution is 7.22. The Bertz CT molecular complexity index is 1250. The first-order valence-corrected chi connectivity index (χ1v) is 11.5. The lowest BCUT2D eigenvalue weighted by atomic mass is 10.1. The number of fused-ring (bicyclic) bond motifs is 2. The minimum absolute atomic E-state index is 0.507. The number of nitrogens with two attached hydrogens (primary N) is 1. The number of thiophene rings is 1. The molecule has 5 rings (SSSR count). The quantitative estimate of drug-likeness (QED) is 0.527. The van der Waals surface area contributed by atoms with Crippen molar-refractivity contribution < 1.29 is 4.74 Å². The molecule has 0 aliphatic carbocycles. The van der Waals surface area contributed by atoms with E-state index in [1.807, 2.05) is 4.52 Å². The van der Waals surface area contributed by atoms with Crippen molar-refractivity contribution in [2.75, 3.05) is 46.1 Å². The number of anilines is 1. The molecule has 0 radical (unpaired) electrons. The normalized spacial score (nSPS) is 16.2. The highest BCUT2D eigenvalue weighted by Crippen LogP contribution is 2.42. The third-order valence-corrected chi connectivity index (χ3v) is 7.26. The zero-order valence-electron chi connectivity index (χ0n) is 18.3. The van der Waals surface area contributed by atoms with Crippen molar-refractivity contribution in [1.29, 1.82) is 0 Å².